The third-order valence-corrected chi connectivity index (χ3v) is 3.48. The molecule has 0 saturated heterocycles. The highest BCUT2D eigenvalue weighted by Gasteiger charge is 1.96. The minimum Gasteiger partial charge on any atom is -0.490 e. The third-order valence-electron chi connectivity index (χ3n) is 2.59. The van der Waals surface area contributed by atoms with Crippen LogP contribution in [0.25, 0.3) is 6.08 Å². The minimum absolute atomic E-state index is 0.579. The third kappa shape index (κ3) is 3.74. The first-order chi connectivity index (χ1) is 8.75. The Morgan fingerprint density at radius 2 is 1.89 bits per heavy atom. The van der Waals surface area contributed by atoms with Crippen molar-refractivity contribution in [2.24, 2.45) is 0 Å². The molecule has 0 atom stereocenters. The van der Waals surface area contributed by atoms with Gasteiger partial charge in [0.25, 0.3) is 0 Å². The molecule has 0 radical (unpaired) electrons. The van der Waals surface area contributed by atoms with Crippen LogP contribution in [0.5, 0.6) is 5.75 Å². The second kappa shape index (κ2) is 6.41. The van der Waals surface area contributed by atoms with E-state index in [1.165, 1.54) is 11.1 Å². The van der Waals surface area contributed by atoms with Gasteiger partial charge in [0.2, 0.25) is 0 Å². The Morgan fingerprint density at radius 3 is 2.61 bits per heavy atom. The van der Waals surface area contributed by atoms with E-state index in [1.807, 2.05) is 42.5 Å². The van der Waals surface area contributed by atoms with Gasteiger partial charge in [-0.2, -0.15) is 0 Å². The summed E-state index contributed by atoms with van der Waals surface area (Å²) in [5.74, 6) is 0.897. The number of aryl methyl sites for hydroxylation is 1. The van der Waals surface area contributed by atoms with Gasteiger partial charge >= 0.3 is 0 Å². The van der Waals surface area contributed by atoms with E-state index in [0.29, 0.717) is 6.61 Å². The largest absolute Gasteiger partial charge is 0.490 e. The standard InChI is InChI=1S/C16H15BrO/c1-13-12-15(9-10-16(13)17)18-11-5-8-14-6-3-2-4-7-14/h2-10,12H,11H2,1H3/b8-5+. The molecule has 0 unspecified atom stereocenters. The van der Waals surface area contributed by atoms with Crippen LogP contribution in [0.15, 0.2) is 59.1 Å². The summed E-state index contributed by atoms with van der Waals surface area (Å²) in [6, 6.07) is 16.2. The van der Waals surface area contributed by atoms with Gasteiger partial charge in [0.05, 0.1) is 0 Å². The summed E-state index contributed by atoms with van der Waals surface area (Å²) in [4.78, 5) is 0. The molecule has 18 heavy (non-hydrogen) atoms. The van der Waals surface area contributed by atoms with E-state index in [4.69, 9.17) is 4.74 Å². The van der Waals surface area contributed by atoms with E-state index >= 15 is 0 Å². The first-order valence-electron chi connectivity index (χ1n) is 5.86. The van der Waals surface area contributed by atoms with Gasteiger partial charge in [0, 0.05) is 4.47 Å². The molecule has 0 amide bonds. The number of ether oxygens (including phenoxy) is 1. The average molecular weight is 303 g/mol. The second-order valence-corrected chi connectivity index (χ2v) is 4.89. The smallest absolute Gasteiger partial charge is 0.120 e. The highest BCUT2D eigenvalue weighted by molar-refractivity contribution is 9.10. The van der Waals surface area contributed by atoms with Gasteiger partial charge in [-0.15, -0.1) is 0 Å². The maximum atomic E-state index is 5.66. The van der Waals surface area contributed by atoms with Gasteiger partial charge < -0.3 is 4.74 Å². The van der Waals surface area contributed by atoms with Crippen molar-refractivity contribution >= 4 is 22.0 Å². The lowest BCUT2D eigenvalue weighted by atomic mass is 10.2. The fourth-order valence-corrected chi connectivity index (χ4v) is 1.85. The van der Waals surface area contributed by atoms with E-state index in [0.717, 1.165) is 10.2 Å². The molecule has 2 rings (SSSR count). The van der Waals surface area contributed by atoms with Crippen LogP contribution in [0, 0.1) is 6.92 Å². The average Bonchev–Trinajstić information content (AvgIpc) is 2.40. The van der Waals surface area contributed by atoms with Gasteiger partial charge in [-0.1, -0.05) is 52.3 Å². The molecule has 0 saturated carbocycles. The molecule has 2 aromatic carbocycles. The Balaban J connectivity index is 1.89. The second-order valence-electron chi connectivity index (χ2n) is 4.04. The van der Waals surface area contributed by atoms with Gasteiger partial charge in [0.1, 0.15) is 12.4 Å². The Morgan fingerprint density at radius 1 is 1.11 bits per heavy atom. The summed E-state index contributed by atoms with van der Waals surface area (Å²) < 4.78 is 6.76. The predicted molar refractivity (Wildman–Crippen MR) is 79.9 cm³/mol. The molecule has 0 fully saturated rings. The van der Waals surface area contributed by atoms with E-state index < -0.39 is 0 Å². The summed E-state index contributed by atoms with van der Waals surface area (Å²) in [5, 5.41) is 0. The maximum Gasteiger partial charge on any atom is 0.120 e. The summed E-state index contributed by atoms with van der Waals surface area (Å²) in [7, 11) is 0. The van der Waals surface area contributed by atoms with Crippen molar-refractivity contribution in [2.75, 3.05) is 6.61 Å². The quantitative estimate of drug-likeness (QED) is 0.784. The summed E-state index contributed by atoms with van der Waals surface area (Å²) in [6.45, 7) is 2.63. The summed E-state index contributed by atoms with van der Waals surface area (Å²) >= 11 is 3.47. The molecule has 1 nitrogen and oxygen atoms in total. The molecular weight excluding hydrogens is 288 g/mol. The normalized spacial score (nSPS) is 10.8. The van der Waals surface area contributed by atoms with Crippen LogP contribution in [0.2, 0.25) is 0 Å². The molecule has 0 spiro atoms. The van der Waals surface area contributed by atoms with Crippen molar-refractivity contribution in [3.05, 3.63) is 70.2 Å². The fourth-order valence-electron chi connectivity index (χ4n) is 1.60. The van der Waals surface area contributed by atoms with Crippen LogP contribution < -0.4 is 4.74 Å². The maximum absolute atomic E-state index is 5.66. The van der Waals surface area contributed by atoms with Crippen LogP contribution in [0.3, 0.4) is 0 Å². The first-order valence-corrected chi connectivity index (χ1v) is 6.65. The Labute approximate surface area is 116 Å². The van der Waals surface area contributed by atoms with Crippen molar-refractivity contribution in [2.45, 2.75) is 6.92 Å². The molecule has 0 aliphatic heterocycles. The molecule has 2 heteroatoms. The number of halogens is 1. The monoisotopic (exact) mass is 302 g/mol. The van der Waals surface area contributed by atoms with Gasteiger partial charge in [-0.25, -0.2) is 0 Å². The van der Waals surface area contributed by atoms with Crippen molar-refractivity contribution in [3.63, 3.8) is 0 Å². The molecule has 2 aromatic rings. The minimum atomic E-state index is 0.579. The zero-order chi connectivity index (χ0) is 12.8. The van der Waals surface area contributed by atoms with Crippen molar-refractivity contribution in [1.29, 1.82) is 0 Å². The molecule has 0 aliphatic carbocycles. The lowest BCUT2D eigenvalue weighted by Gasteiger charge is -2.05. The van der Waals surface area contributed by atoms with Crippen LogP contribution in [0.4, 0.5) is 0 Å². The number of rotatable bonds is 4. The van der Waals surface area contributed by atoms with Crippen LogP contribution in [-0.2, 0) is 0 Å². The van der Waals surface area contributed by atoms with Crippen molar-refractivity contribution < 1.29 is 4.74 Å². The van der Waals surface area contributed by atoms with E-state index in [9.17, 15) is 0 Å². The molecule has 92 valence electrons. The van der Waals surface area contributed by atoms with Crippen LogP contribution >= 0.6 is 15.9 Å². The molecule has 0 aromatic heterocycles. The predicted octanol–water partition coefficient (Wildman–Crippen LogP) is 4.85. The fraction of sp³-hybridized carbons (Fsp3) is 0.125. The number of hydrogen-bond acceptors (Lipinski definition) is 1. The van der Waals surface area contributed by atoms with Crippen molar-refractivity contribution in [1.82, 2.24) is 0 Å². The van der Waals surface area contributed by atoms with E-state index in [2.05, 4.69) is 41.1 Å². The summed E-state index contributed by atoms with van der Waals surface area (Å²) in [5.41, 5.74) is 2.37. The molecule has 0 aliphatic rings. The SMILES string of the molecule is Cc1cc(OC/C=C/c2ccccc2)ccc1Br. The lowest BCUT2D eigenvalue weighted by molar-refractivity contribution is 0.363. The molecule has 0 N–H and O–H groups in total. The van der Waals surface area contributed by atoms with Crippen LogP contribution in [0.1, 0.15) is 11.1 Å². The Kier molecular flexibility index (Phi) is 4.59. The van der Waals surface area contributed by atoms with E-state index in [-0.39, 0.29) is 0 Å². The van der Waals surface area contributed by atoms with Crippen molar-refractivity contribution in [3.8, 4) is 5.75 Å². The molecule has 0 heterocycles. The van der Waals surface area contributed by atoms with Gasteiger partial charge in [-0.05, 0) is 42.3 Å². The Bertz CT molecular complexity index is 532. The van der Waals surface area contributed by atoms with E-state index in [1.54, 1.807) is 0 Å². The Hall–Kier alpha value is -1.54. The molecular formula is C16H15BrO. The summed E-state index contributed by atoms with van der Waals surface area (Å²) in [6.07, 6.45) is 4.08. The van der Waals surface area contributed by atoms with Crippen LogP contribution in [-0.4, -0.2) is 6.61 Å². The van der Waals surface area contributed by atoms with Gasteiger partial charge in [0.15, 0.2) is 0 Å². The number of hydrogen-bond donors (Lipinski definition) is 0. The lowest BCUT2D eigenvalue weighted by Crippen LogP contribution is -1.93. The highest BCUT2D eigenvalue weighted by Crippen LogP contribution is 2.21. The zero-order valence-electron chi connectivity index (χ0n) is 10.3. The highest BCUT2D eigenvalue weighted by atomic mass is 79.9. The first kappa shape index (κ1) is 12.9. The zero-order valence-corrected chi connectivity index (χ0v) is 11.9. The molecule has 0 bridgehead atoms. The van der Waals surface area contributed by atoms with Gasteiger partial charge in [-0.3, -0.25) is 0 Å². The topological polar surface area (TPSA) is 9.23 Å². The number of benzene rings is 2.